The summed E-state index contributed by atoms with van der Waals surface area (Å²) in [6, 6.07) is 14.2. The topological polar surface area (TPSA) is 136 Å². The van der Waals surface area contributed by atoms with Crippen LogP contribution in [0.15, 0.2) is 64.2 Å². The van der Waals surface area contributed by atoms with Gasteiger partial charge < -0.3 is 15.6 Å². The summed E-state index contributed by atoms with van der Waals surface area (Å²) in [5.74, 6) is 0.574. The van der Waals surface area contributed by atoms with E-state index >= 15 is 0 Å². The van der Waals surface area contributed by atoms with Crippen molar-refractivity contribution < 1.29 is 4.52 Å². The molecule has 4 rings (SSSR count). The number of hydrogen-bond donors (Lipinski definition) is 2. The normalized spacial score (nSPS) is 11.8. The van der Waals surface area contributed by atoms with Crippen LogP contribution in [-0.4, -0.2) is 26.7 Å². The summed E-state index contributed by atoms with van der Waals surface area (Å²) in [7, 11) is 1.90. The molecule has 160 valence electrons. The third kappa shape index (κ3) is 4.12. The fraction of sp³-hybridized carbons (Fsp3) is 0.174. The Bertz CT molecular complexity index is 1350. The largest absolute Gasteiger partial charge is 0.382 e. The predicted molar refractivity (Wildman–Crippen MR) is 120 cm³/mol. The highest BCUT2D eigenvalue weighted by atomic mass is 16.5. The van der Waals surface area contributed by atoms with Gasteiger partial charge in [-0.05, 0) is 25.6 Å². The zero-order valence-electron chi connectivity index (χ0n) is 17.6. The molecular formula is C23H21N7O2. The molecule has 1 aromatic carbocycles. The summed E-state index contributed by atoms with van der Waals surface area (Å²) in [5.41, 5.74) is 9.96. The Hall–Kier alpha value is -4.29. The van der Waals surface area contributed by atoms with Gasteiger partial charge >= 0.3 is 0 Å². The Morgan fingerprint density at radius 2 is 1.94 bits per heavy atom. The summed E-state index contributed by atoms with van der Waals surface area (Å²) in [6.45, 7) is 2.43. The highest BCUT2D eigenvalue weighted by Crippen LogP contribution is 2.29. The van der Waals surface area contributed by atoms with Crippen molar-refractivity contribution >= 4 is 5.82 Å². The first kappa shape index (κ1) is 21.0. The second kappa shape index (κ2) is 8.83. The second-order valence-corrected chi connectivity index (χ2v) is 7.26. The number of nitrogens with two attached hydrogens (primary N) is 1. The van der Waals surface area contributed by atoms with Crippen LogP contribution < -0.4 is 16.6 Å². The molecule has 0 spiro atoms. The quantitative estimate of drug-likeness (QED) is 0.479. The van der Waals surface area contributed by atoms with Crippen molar-refractivity contribution in [2.24, 2.45) is 0 Å². The summed E-state index contributed by atoms with van der Waals surface area (Å²) in [4.78, 5) is 20.9. The number of nitrogen functional groups attached to an aromatic ring is 1. The number of nitrogens with zero attached hydrogens (tertiary/aromatic N) is 5. The van der Waals surface area contributed by atoms with Crippen molar-refractivity contribution in [2.75, 3.05) is 12.8 Å². The molecule has 0 fully saturated rings. The van der Waals surface area contributed by atoms with Crippen LogP contribution >= 0.6 is 0 Å². The van der Waals surface area contributed by atoms with Crippen molar-refractivity contribution in [3.8, 4) is 40.0 Å². The fourth-order valence-electron chi connectivity index (χ4n) is 3.26. The third-order valence-electron chi connectivity index (χ3n) is 5.01. The van der Waals surface area contributed by atoms with E-state index in [9.17, 15) is 4.79 Å². The molecule has 0 aliphatic heterocycles. The van der Waals surface area contributed by atoms with Crippen LogP contribution in [0.5, 0.6) is 0 Å². The zero-order valence-corrected chi connectivity index (χ0v) is 17.6. The average molecular weight is 427 g/mol. The lowest BCUT2D eigenvalue weighted by molar-refractivity contribution is 0.434. The standard InChI is InChI=1S/C23H21N7O2/c1-14(10-24)30-13-17(7-8-21(30)31)19-12-27-23(25)22(28-19)20-9-18(29-32-20)16-5-3-15(4-6-16)11-26-2/h3-9,12-14,26H,11H2,1-2H3,(H2,25,27). The maximum Gasteiger partial charge on any atom is 0.251 e. The van der Waals surface area contributed by atoms with Gasteiger partial charge in [0.05, 0.1) is 18.0 Å². The molecule has 1 atom stereocenters. The van der Waals surface area contributed by atoms with Gasteiger partial charge in [0.2, 0.25) is 0 Å². The van der Waals surface area contributed by atoms with Gasteiger partial charge in [-0.3, -0.25) is 9.36 Å². The molecule has 1 unspecified atom stereocenters. The van der Waals surface area contributed by atoms with Gasteiger partial charge in [0, 0.05) is 36.0 Å². The molecule has 3 heterocycles. The predicted octanol–water partition coefficient (Wildman–Crippen LogP) is 3.01. The summed E-state index contributed by atoms with van der Waals surface area (Å²) < 4.78 is 6.85. The van der Waals surface area contributed by atoms with E-state index in [2.05, 4.69) is 26.5 Å². The molecule has 0 bridgehead atoms. The molecule has 0 saturated heterocycles. The lowest BCUT2D eigenvalue weighted by Gasteiger charge is -2.10. The molecule has 9 nitrogen and oxygen atoms in total. The molecule has 0 amide bonds. The van der Waals surface area contributed by atoms with Gasteiger partial charge in [0.15, 0.2) is 17.3 Å². The Labute approximate surface area is 184 Å². The summed E-state index contributed by atoms with van der Waals surface area (Å²) in [6.07, 6.45) is 3.09. The zero-order chi connectivity index (χ0) is 22.7. The Morgan fingerprint density at radius 1 is 1.19 bits per heavy atom. The summed E-state index contributed by atoms with van der Waals surface area (Å²) in [5, 5.41) is 16.4. The molecule has 0 aliphatic carbocycles. The van der Waals surface area contributed by atoms with Gasteiger partial charge in [0.1, 0.15) is 11.7 Å². The highest BCUT2D eigenvalue weighted by Gasteiger charge is 2.16. The maximum atomic E-state index is 12.1. The lowest BCUT2D eigenvalue weighted by atomic mass is 10.1. The number of anilines is 1. The van der Waals surface area contributed by atoms with Crippen LogP contribution in [-0.2, 0) is 6.54 Å². The molecule has 9 heteroatoms. The number of nitriles is 1. The van der Waals surface area contributed by atoms with Crippen LogP contribution in [0, 0.1) is 11.3 Å². The van der Waals surface area contributed by atoms with Crippen molar-refractivity contribution in [3.05, 3.63) is 70.8 Å². The number of hydrogen-bond acceptors (Lipinski definition) is 8. The number of nitrogens with one attached hydrogen (secondary N) is 1. The smallest absolute Gasteiger partial charge is 0.251 e. The molecule has 4 aromatic rings. The average Bonchev–Trinajstić information content (AvgIpc) is 3.30. The van der Waals surface area contributed by atoms with E-state index in [0.29, 0.717) is 28.4 Å². The second-order valence-electron chi connectivity index (χ2n) is 7.26. The van der Waals surface area contributed by atoms with Crippen molar-refractivity contribution in [2.45, 2.75) is 19.5 Å². The number of pyridine rings is 1. The fourth-order valence-corrected chi connectivity index (χ4v) is 3.26. The third-order valence-corrected chi connectivity index (χ3v) is 5.01. The van der Waals surface area contributed by atoms with E-state index in [1.54, 1.807) is 25.3 Å². The highest BCUT2D eigenvalue weighted by molar-refractivity contribution is 5.72. The van der Waals surface area contributed by atoms with E-state index in [-0.39, 0.29) is 11.4 Å². The van der Waals surface area contributed by atoms with Crippen molar-refractivity contribution in [1.82, 2.24) is 25.0 Å². The Kier molecular flexibility index (Phi) is 5.79. The molecule has 0 saturated carbocycles. The number of benzene rings is 1. The van der Waals surface area contributed by atoms with Crippen molar-refractivity contribution in [3.63, 3.8) is 0 Å². The molecular weight excluding hydrogens is 406 g/mol. The van der Waals surface area contributed by atoms with Crippen LogP contribution in [0.1, 0.15) is 18.5 Å². The first-order valence-corrected chi connectivity index (χ1v) is 9.96. The van der Waals surface area contributed by atoms with Crippen LogP contribution in [0.25, 0.3) is 34.0 Å². The Morgan fingerprint density at radius 3 is 2.66 bits per heavy atom. The van der Waals surface area contributed by atoms with Crippen LogP contribution in [0.4, 0.5) is 5.82 Å². The van der Waals surface area contributed by atoms with Gasteiger partial charge in [-0.15, -0.1) is 0 Å². The molecule has 0 radical (unpaired) electrons. The van der Waals surface area contributed by atoms with Gasteiger partial charge in [-0.25, -0.2) is 9.97 Å². The minimum absolute atomic E-state index is 0.194. The molecule has 32 heavy (non-hydrogen) atoms. The lowest BCUT2D eigenvalue weighted by Crippen LogP contribution is -2.21. The van der Waals surface area contributed by atoms with E-state index in [1.165, 1.54) is 16.8 Å². The number of rotatable bonds is 6. The molecule has 0 aliphatic rings. The summed E-state index contributed by atoms with van der Waals surface area (Å²) >= 11 is 0. The SMILES string of the molecule is CNCc1ccc(-c2cc(-c3nc(-c4ccc(=O)n(C(C)C#N)c4)cnc3N)on2)cc1. The van der Waals surface area contributed by atoms with E-state index < -0.39 is 6.04 Å². The maximum absolute atomic E-state index is 12.1. The number of aromatic nitrogens is 4. The van der Waals surface area contributed by atoms with E-state index in [4.69, 9.17) is 15.5 Å². The monoisotopic (exact) mass is 427 g/mol. The van der Waals surface area contributed by atoms with E-state index in [0.717, 1.165) is 17.7 Å². The van der Waals surface area contributed by atoms with Crippen LogP contribution in [0.3, 0.4) is 0 Å². The minimum atomic E-state index is -0.611. The minimum Gasteiger partial charge on any atom is -0.382 e. The van der Waals surface area contributed by atoms with E-state index in [1.807, 2.05) is 31.3 Å². The Balaban J connectivity index is 1.69. The first-order valence-electron chi connectivity index (χ1n) is 9.96. The van der Waals surface area contributed by atoms with Gasteiger partial charge in [-0.1, -0.05) is 29.4 Å². The van der Waals surface area contributed by atoms with Crippen LogP contribution in [0.2, 0.25) is 0 Å². The van der Waals surface area contributed by atoms with Gasteiger partial charge in [-0.2, -0.15) is 5.26 Å². The molecule has 3 aromatic heterocycles. The van der Waals surface area contributed by atoms with Gasteiger partial charge in [0.25, 0.3) is 5.56 Å². The molecule has 3 N–H and O–H groups in total. The first-order chi connectivity index (χ1) is 15.5. The van der Waals surface area contributed by atoms with Crippen molar-refractivity contribution in [1.29, 1.82) is 5.26 Å².